The van der Waals surface area contributed by atoms with E-state index in [2.05, 4.69) is 5.32 Å². The summed E-state index contributed by atoms with van der Waals surface area (Å²) in [7, 11) is 0. The van der Waals surface area contributed by atoms with Gasteiger partial charge in [0.2, 0.25) is 0 Å². The van der Waals surface area contributed by atoms with Gasteiger partial charge in [0.15, 0.2) is 0 Å². The molecule has 0 radical (unpaired) electrons. The first-order valence-electron chi connectivity index (χ1n) is 7.47. The Morgan fingerprint density at radius 2 is 1.62 bits per heavy atom. The Balaban J connectivity index is 1.93. The smallest absolute Gasteiger partial charge is 0.416 e. The van der Waals surface area contributed by atoms with Gasteiger partial charge in [-0.3, -0.25) is 4.79 Å². The van der Waals surface area contributed by atoms with Crippen molar-refractivity contribution in [1.82, 2.24) is 5.32 Å². The summed E-state index contributed by atoms with van der Waals surface area (Å²) in [6.45, 7) is 4.14. The summed E-state index contributed by atoms with van der Waals surface area (Å²) in [5.74, 6) is 0.314. The van der Waals surface area contributed by atoms with Crippen molar-refractivity contribution in [2.45, 2.75) is 32.7 Å². The quantitative estimate of drug-likeness (QED) is 0.877. The van der Waals surface area contributed by atoms with E-state index in [0.717, 1.165) is 35.6 Å². The number of amides is 1. The summed E-state index contributed by atoms with van der Waals surface area (Å²) < 4.78 is 43.0. The highest BCUT2D eigenvalue weighted by Gasteiger charge is 2.30. The molecular formula is C18H18F3NO2. The SMILES string of the molecule is CC(C)Oc1ccc(CNC(=O)c2ccc(C(F)(F)F)cc2)cc1. The van der Waals surface area contributed by atoms with Crippen molar-refractivity contribution in [1.29, 1.82) is 0 Å². The van der Waals surface area contributed by atoms with Crippen LogP contribution in [0.2, 0.25) is 0 Å². The molecule has 0 fully saturated rings. The van der Waals surface area contributed by atoms with E-state index in [-0.39, 0.29) is 18.2 Å². The predicted molar refractivity (Wildman–Crippen MR) is 84.8 cm³/mol. The molecule has 0 spiro atoms. The molecule has 0 bridgehead atoms. The standard InChI is InChI=1S/C18H18F3NO2/c1-12(2)24-16-9-3-13(4-10-16)11-22-17(23)14-5-7-15(8-6-14)18(19,20)21/h3-10,12H,11H2,1-2H3,(H,22,23). The molecular weight excluding hydrogens is 319 g/mol. The molecule has 0 aliphatic rings. The van der Waals surface area contributed by atoms with Gasteiger partial charge in [0, 0.05) is 12.1 Å². The van der Waals surface area contributed by atoms with E-state index in [1.807, 2.05) is 26.0 Å². The molecule has 1 amide bonds. The summed E-state index contributed by atoms with van der Waals surface area (Å²) in [5, 5.41) is 2.67. The van der Waals surface area contributed by atoms with E-state index in [0.29, 0.717) is 0 Å². The molecule has 0 atom stereocenters. The molecule has 2 rings (SSSR count). The first-order chi connectivity index (χ1) is 11.3. The average molecular weight is 337 g/mol. The molecule has 1 N–H and O–H groups in total. The summed E-state index contributed by atoms with van der Waals surface area (Å²) >= 11 is 0. The Hall–Kier alpha value is -2.50. The lowest BCUT2D eigenvalue weighted by Gasteiger charge is -2.11. The molecule has 0 aliphatic heterocycles. The van der Waals surface area contributed by atoms with E-state index >= 15 is 0 Å². The van der Waals surface area contributed by atoms with Crippen molar-refractivity contribution in [3.63, 3.8) is 0 Å². The third-order valence-electron chi connectivity index (χ3n) is 3.22. The molecule has 0 unspecified atom stereocenters. The second kappa shape index (κ2) is 7.38. The van der Waals surface area contributed by atoms with Gasteiger partial charge >= 0.3 is 6.18 Å². The molecule has 0 saturated carbocycles. The Bertz CT molecular complexity index is 677. The van der Waals surface area contributed by atoms with Crippen molar-refractivity contribution in [2.24, 2.45) is 0 Å². The first kappa shape index (κ1) is 17.8. The maximum atomic E-state index is 12.5. The zero-order valence-electron chi connectivity index (χ0n) is 13.4. The van der Waals surface area contributed by atoms with Crippen molar-refractivity contribution >= 4 is 5.91 Å². The Labute approximate surface area is 138 Å². The van der Waals surface area contributed by atoms with Gasteiger partial charge in [-0.25, -0.2) is 0 Å². The number of hydrogen-bond acceptors (Lipinski definition) is 2. The molecule has 24 heavy (non-hydrogen) atoms. The van der Waals surface area contributed by atoms with Gasteiger partial charge in [0.25, 0.3) is 5.91 Å². The molecule has 6 heteroatoms. The third kappa shape index (κ3) is 5.01. The third-order valence-corrected chi connectivity index (χ3v) is 3.22. The molecule has 0 heterocycles. The van der Waals surface area contributed by atoms with Gasteiger partial charge < -0.3 is 10.1 Å². The number of nitrogens with one attached hydrogen (secondary N) is 1. The predicted octanol–water partition coefficient (Wildman–Crippen LogP) is 4.42. The maximum Gasteiger partial charge on any atom is 0.416 e. The van der Waals surface area contributed by atoms with Crippen molar-refractivity contribution in [3.05, 3.63) is 65.2 Å². The first-order valence-corrected chi connectivity index (χ1v) is 7.47. The van der Waals surface area contributed by atoms with Crippen molar-refractivity contribution in [2.75, 3.05) is 0 Å². The molecule has 0 aliphatic carbocycles. The average Bonchev–Trinajstić information content (AvgIpc) is 2.52. The normalized spacial score (nSPS) is 11.4. The number of alkyl halides is 3. The van der Waals surface area contributed by atoms with Crippen LogP contribution in [0.1, 0.15) is 35.3 Å². The number of benzene rings is 2. The lowest BCUT2D eigenvalue weighted by molar-refractivity contribution is -0.137. The number of rotatable bonds is 5. The van der Waals surface area contributed by atoms with Gasteiger partial charge in [0.1, 0.15) is 5.75 Å². The minimum absolute atomic E-state index is 0.0789. The number of carbonyl (C=O) groups excluding carboxylic acids is 1. The maximum absolute atomic E-state index is 12.5. The highest BCUT2D eigenvalue weighted by molar-refractivity contribution is 5.94. The lowest BCUT2D eigenvalue weighted by atomic mass is 10.1. The highest BCUT2D eigenvalue weighted by Crippen LogP contribution is 2.29. The van der Waals surface area contributed by atoms with E-state index in [1.165, 1.54) is 0 Å². The summed E-state index contributed by atoms with van der Waals surface area (Å²) in [5.41, 5.74) is 0.272. The zero-order chi connectivity index (χ0) is 17.7. The van der Waals surface area contributed by atoms with Crippen molar-refractivity contribution in [3.8, 4) is 5.75 Å². The Kier molecular flexibility index (Phi) is 5.49. The van der Waals surface area contributed by atoms with Gasteiger partial charge in [-0.2, -0.15) is 13.2 Å². The van der Waals surface area contributed by atoms with E-state index in [9.17, 15) is 18.0 Å². The van der Waals surface area contributed by atoms with E-state index in [1.54, 1.807) is 12.1 Å². The minimum Gasteiger partial charge on any atom is -0.491 e. The van der Waals surface area contributed by atoms with Crippen LogP contribution in [0.5, 0.6) is 5.75 Å². The molecule has 3 nitrogen and oxygen atoms in total. The van der Waals surface area contributed by atoms with Gasteiger partial charge in [-0.05, 0) is 55.8 Å². The lowest BCUT2D eigenvalue weighted by Crippen LogP contribution is -2.22. The van der Waals surface area contributed by atoms with Gasteiger partial charge in [-0.15, -0.1) is 0 Å². The fourth-order valence-corrected chi connectivity index (χ4v) is 2.05. The van der Waals surface area contributed by atoms with Gasteiger partial charge in [-0.1, -0.05) is 12.1 Å². The fraction of sp³-hybridized carbons (Fsp3) is 0.278. The summed E-state index contributed by atoms with van der Waals surface area (Å²) in [6.07, 6.45) is -4.33. The fourth-order valence-electron chi connectivity index (χ4n) is 2.05. The molecule has 0 aromatic heterocycles. The van der Waals surface area contributed by atoms with Crippen LogP contribution in [0.4, 0.5) is 13.2 Å². The van der Waals surface area contributed by atoms with Crippen LogP contribution in [-0.4, -0.2) is 12.0 Å². The number of carbonyl (C=O) groups is 1. The second-order valence-electron chi connectivity index (χ2n) is 5.57. The van der Waals surface area contributed by atoms with Crippen LogP contribution in [0, 0.1) is 0 Å². The van der Waals surface area contributed by atoms with E-state index < -0.39 is 17.6 Å². The van der Waals surface area contributed by atoms with Crippen LogP contribution >= 0.6 is 0 Å². The summed E-state index contributed by atoms with van der Waals surface area (Å²) in [6, 6.07) is 11.4. The van der Waals surface area contributed by atoms with Crippen molar-refractivity contribution < 1.29 is 22.7 Å². The number of ether oxygens (including phenoxy) is 1. The highest BCUT2D eigenvalue weighted by atomic mass is 19.4. The van der Waals surface area contributed by atoms with Gasteiger partial charge in [0.05, 0.1) is 11.7 Å². The largest absolute Gasteiger partial charge is 0.491 e. The topological polar surface area (TPSA) is 38.3 Å². The minimum atomic E-state index is -4.41. The number of halogens is 3. The monoisotopic (exact) mass is 337 g/mol. The van der Waals surface area contributed by atoms with Crippen LogP contribution in [0.25, 0.3) is 0 Å². The second-order valence-corrected chi connectivity index (χ2v) is 5.57. The van der Waals surface area contributed by atoms with Crippen LogP contribution in [-0.2, 0) is 12.7 Å². The Morgan fingerprint density at radius 1 is 1.04 bits per heavy atom. The molecule has 2 aromatic rings. The molecule has 128 valence electrons. The number of hydrogen-bond donors (Lipinski definition) is 1. The van der Waals surface area contributed by atoms with Crippen LogP contribution in [0.15, 0.2) is 48.5 Å². The van der Waals surface area contributed by atoms with Crippen LogP contribution < -0.4 is 10.1 Å². The van der Waals surface area contributed by atoms with E-state index in [4.69, 9.17) is 4.74 Å². The summed E-state index contributed by atoms with van der Waals surface area (Å²) in [4.78, 5) is 12.0. The Morgan fingerprint density at radius 3 is 2.12 bits per heavy atom. The molecule has 2 aromatic carbocycles. The zero-order valence-corrected chi connectivity index (χ0v) is 13.4. The van der Waals surface area contributed by atoms with Crippen LogP contribution in [0.3, 0.4) is 0 Å². The molecule has 0 saturated heterocycles.